The molecule has 0 bridgehead atoms. The molecule has 0 heterocycles. The molecule has 4 nitrogen and oxygen atoms in total. The maximum atomic E-state index is 14.5. The Balaban J connectivity index is 1.67. The summed E-state index contributed by atoms with van der Waals surface area (Å²) in [6, 6.07) is 37.3. The summed E-state index contributed by atoms with van der Waals surface area (Å²) in [6.07, 6.45) is 0. The standard InChI is InChI=1S/C27H26O4P2/c28-32(26-17-9-3-10-18-26,27-19-11-4-12-20-27)23-33(29,30-21-24-13-5-1-6-14-24)31-22-25-15-7-2-8-16-25/h1-20H,21-23H2. The number of rotatable bonds is 10. The van der Waals surface area contributed by atoms with Crippen LogP contribution in [0.3, 0.4) is 0 Å². The van der Waals surface area contributed by atoms with Gasteiger partial charge >= 0.3 is 7.60 Å². The average molecular weight is 476 g/mol. The van der Waals surface area contributed by atoms with Crippen LogP contribution in [-0.4, -0.2) is 5.90 Å². The minimum Gasteiger partial charge on any atom is -0.313 e. The minimum absolute atomic E-state index is 0.108. The highest BCUT2D eigenvalue weighted by Crippen LogP contribution is 2.62. The summed E-state index contributed by atoms with van der Waals surface area (Å²) in [4.78, 5) is 0. The second kappa shape index (κ2) is 10.9. The fraction of sp³-hybridized carbons (Fsp3) is 0.111. The molecule has 0 unspecified atom stereocenters. The molecule has 0 aliphatic heterocycles. The van der Waals surface area contributed by atoms with E-state index in [4.69, 9.17) is 9.05 Å². The summed E-state index contributed by atoms with van der Waals surface area (Å²) in [5.74, 6) is -0.215. The van der Waals surface area contributed by atoms with Gasteiger partial charge in [-0.15, -0.1) is 0 Å². The Morgan fingerprint density at radius 3 is 1.18 bits per heavy atom. The lowest BCUT2D eigenvalue weighted by Crippen LogP contribution is -2.19. The van der Waals surface area contributed by atoms with E-state index in [0.717, 1.165) is 11.1 Å². The van der Waals surface area contributed by atoms with Crippen LogP contribution in [0.15, 0.2) is 121 Å². The highest BCUT2D eigenvalue weighted by atomic mass is 31.2. The van der Waals surface area contributed by atoms with Crippen molar-refractivity contribution in [3.8, 4) is 0 Å². The zero-order valence-corrected chi connectivity index (χ0v) is 20.0. The number of hydrogen-bond donors (Lipinski definition) is 0. The average Bonchev–Trinajstić information content (AvgIpc) is 2.89. The first kappa shape index (κ1) is 23.4. The molecule has 4 rings (SSSR count). The molecule has 0 saturated heterocycles. The fourth-order valence-electron chi connectivity index (χ4n) is 3.51. The van der Waals surface area contributed by atoms with Crippen LogP contribution in [0.1, 0.15) is 11.1 Å². The lowest BCUT2D eigenvalue weighted by Gasteiger charge is -2.25. The van der Waals surface area contributed by atoms with E-state index in [1.165, 1.54) is 0 Å². The molecule has 168 valence electrons. The Hall–Kier alpha value is -2.74. The van der Waals surface area contributed by atoms with E-state index in [-0.39, 0.29) is 19.1 Å². The van der Waals surface area contributed by atoms with E-state index < -0.39 is 14.7 Å². The van der Waals surface area contributed by atoms with Gasteiger partial charge in [0.1, 0.15) is 5.90 Å². The molecule has 0 aliphatic rings. The van der Waals surface area contributed by atoms with E-state index in [9.17, 15) is 9.13 Å². The maximum Gasteiger partial charge on any atom is 0.339 e. The summed E-state index contributed by atoms with van der Waals surface area (Å²) in [6.45, 7) is 0.215. The van der Waals surface area contributed by atoms with Gasteiger partial charge in [0, 0.05) is 10.6 Å². The molecule has 4 aromatic rings. The molecule has 0 atom stereocenters. The van der Waals surface area contributed by atoms with E-state index in [2.05, 4.69) is 0 Å². The van der Waals surface area contributed by atoms with E-state index in [0.29, 0.717) is 10.6 Å². The van der Waals surface area contributed by atoms with Crippen molar-refractivity contribution in [2.75, 3.05) is 5.90 Å². The van der Waals surface area contributed by atoms with Crippen LogP contribution in [0.5, 0.6) is 0 Å². The molecule has 0 aliphatic carbocycles. The number of hydrogen-bond acceptors (Lipinski definition) is 4. The van der Waals surface area contributed by atoms with Crippen LogP contribution in [0.4, 0.5) is 0 Å². The van der Waals surface area contributed by atoms with Crippen LogP contribution < -0.4 is 10.6 Å². The van der Waals surface area contributed by atoms with Gasteiger partial charge in [-0.25, -0.2) is 0 Å². The summed E-state index contributed by atoms with van der Waals surface area (Å²) >= 11 is 0. The Bertz CT molecular complexity index is 1140. The third kappa shape index (κ3) is 6.19. The van der Waals surface area contributed by atoms with Gasteiger partial charge in [0.05, 0.1) is 13.2 Å². The molecule has 0 amide bonds. The van der Waals surface area contributed by atoms with Gasteiger partial charge < -0.3 is 13.6 Å². The van der Waals surface area contributed by atoms with Crippen molar-refractivity contribution in [3.63, 3.8) is 0 Å². The lowest BCUT2D eigenvalue weighted by molar-refractivity contribution is 0.194. The predicted octanol–water partition coefficient (Wildman–Crippen LogP) is 6.58. The van der Waals surface area contributed by atoms with Crippen molar-refractivity contribution < 1.29 is 18.2 Å². The smallest absolute Gasteiger partial charge is 0.313 e. The normalized spacial score (nSPS) is 11.9. The van der Waals surface area contributed by atoms with Gasteiger partial charge in [-0.2, -0.15) is 0 Å². The molecule has 0 aromatic heterocycles. The molecule has 0 fully saturated rings. The Morgan fingerprint density at radius 2 is 0.818 bits per heavy atom. The van der Waals surface area contributed by atoms with Crippen molar-refractivity contribution in [2.24, 2.45) is 0 Å². The summed E-state index contributed by atoms with van der Waals surface area (Å²) in [5.41, 5.74) is 1.74. The van der Waals surface area contributed by atoms with E-state index in [1.807, 2.05) is 121 Å². The molecular formula is C27H26O4P2. The third-order valence-electron chi connectivity index (χ3n) is 5.26. The second-order valence-corrected chi connectivity index (χ2v) is 13.1. The first-order chi connectivity index (χ1) is 16.1. The Kier molecular flexibility index (Phi) is 7.75. The lowest BCUT2D eigenvalue weighted by atomic mass is 10.2. The zero-order chi connectivity index (χ0) is 23.0. The molecule has 4 aromatic carbocycles. The quantitative estimate of drug-likeness (QED) is 0.243. The second-order valence-electron chi connectivity index (χ2n) is 7.68. The molecule has 0 N–H and O–H groups in total. The fourth-order valence-corrected chi connectivity index (χ4v) is 9.79. The van der Waals surface area contributed by atoms with Crippen molar-refractivity contribution in [1.82, 2.24) is 0 Å². The van der Waals surface area contributed by atoms with E-state index in [1.54, 1.807) is 0 Å². The minimum atomic E-state index is -3.77. The summed E-state index contributed by atoms with van der Waals surface area (Å²) in [7, 11) is -7.07. The van der Waals surface area contributed by atoms with Crippen LogP contribution in [-0.2, 0) is 31.4 Å². The SMILES string of the molecule is O=P(CP(=O)(c1ccccc1)c1ccccc1)(OCc1ccccc1)OCc1ccccc1. The first-order valence-corrected chi connectivity index (χ1v) is 14.4. The van der Waals surface area contributed by atoms with Gasteiger partial charge in [-0.1, -0.05) is 121 Å². The highest BCUT2D eigenvalue weighted by Gasteiger charge is 2.39. The van der Waals surface area contributed by atoms with Crippen LogP contribution in [0.25, 0.3) is 0 Å². The molecular weight excluding hydrogens is 450 g/mol. The van der Waals surface area contributed by atoms with Gasteiger partial charge in [0.15, 0.2) is 7.14 Å². The predicted molar refractivity (Wildman–Crippen MR) is 135 cm³/mol. The zero-order valence-electron chi connectivity index (χ0n) is 18.2. The molecule has 0 saturated carbocycles. The van der Waals surface area contributed by atoms with Gasteiger partial charge in [-0.05, 0) is 11.1 Å². The Morgan fingerprint density at radius 1 is 0.485 bits per heavy atom. The Labute approximate surface area is 195 Å². The molecule has 6 heteroatoms. The molecule has 0 radical (unpaired) electrons. The maximum absolute atomic E-state index is 14.5. The topological polar surface area (TPSA) is 52.6 Å². The van der Waals surface area contributed by atoms with Gasteiger partial charge in [0.2, 0.25) is 0 Å². The molecule has 33 heavy (non-hydrogen) atoms. The molecule has 0 spiro atoms. The van der Waals surface area contributed by atoms with Crippen LogP contribution in [0.2, 0.25) is 0 Å². The van der Waals surface area contributed by atoms with Crippen molar-refractivity contribution in [1.29, 1.82) is 0 Å². The largest absolute Gasteiger partial charge is 0.339 e. The third-order valence-corrected chi connectivity index (χ3v) is 11.5. The van der Waals surface area contributed by atoms with Gasteiger partial charge in [0.25, 0.3) is 0 Å². The van der Waals surface area contributed by atoms with Crippen molar-refractivity contribution in [2.45, 2.75) is 13.2 Å². The van der Waals surface area contributed by atoms with E-state index >= 15 is 0 Å². The summed E-state index contributed by atoms with van der Waals surface area (Å²) in [5, 5.41) is 1.26. The van der Waals surface area contributed by atoms with Crippen molar-refractivity contribution >= 4 is 25.3 Å². The van der Waals surface area contributed by atoms with Crippen LogP contribution >= 0.6 is 14.7 Å². The highest BCUT2D eigenvalue weighted by molar-refractivity contribution is 7.86. The first-order valence-electron chi connectivity index (χ1n) is 10.7. The summed E-state index contributed by atoms with van der Waals surface area (Å²) < 4.78 is 40.5. The number of benzene rings is 4. The van der Waals surface area contributed by atoms with Crippen molar-refractivity contribution in [3.05, 3.63) is 132 Å². The van der Waals surface area contributed by atoms with Gasteiger partial charge in [-0.3, -0.25) is 4.57 Å². The van der Waals surface area contributed by atoms with Crippen LogP contribution in [0, 0.1) is 0 Å². The monoisotopic (exact) mass is 476 g/mol.